The van der Waals surface area contributed by atoms with Gasteiger partial charge in [0.1, 0.15) is 6.42 Å². The highest BCUT2D eigenvalue weighted by Crippen LogP contribution is 2.17. The van der Waals surface area contributed by atoms with E-state index in [0.717, 1.165) is 18.2 Å². The Labute approximate surface area is 108 Å². The Morgan fingerprint density at radius 1 is 1.47 bits per heavy atom. The number of nitro groups is 1. The Kier molecular flexibility index (Phi) is 4.60. The second-order valence-electron chi connectivity index (χ2n) is 3.35. The van der Waals surface area contributed by atoms with Gasteiger partial charge in [-0.2, -0.15) is 0 Å². The molecule has 7 heteroatoms. The fourth-order valence-corrected chi connectivity index (χ4v) is 1.22. The van der Waals surface area contributed by atoms with Gasteiger partial charge in [0.15, 0.2) is 0 Å². The molecule has 0 saturated carbocycles. The summed E-state index contributed by atoms with van der Waals surface area (Å²) in [6, 6.07) is 3.23. The fraction of sp³-hybridized carbons (Fsp3) is 0.167. The van der Waals surface area contributed by atoms with Crippen LogP contribution in [-0.4, -0.2) is 29.1 Å². The quantitative estimate of drug-likeness (QED) is 0.380. The number of non-ortho nitro benzene ring substituents is 1. The lowest BCUT2D eigenvalue weighted by molar-refractivity contribution is -0.384. The first kappa shape index (κ1) is 14.2. The van der Waals surface area contributed by atoms with E-state index < -0.39 is 16.9 Å². The number of nitrogens with zero attached hydrogens (tertiary/aromatic N) is 1. The van der Waals surface area contributed by atoms with Gasteiger partial charge in [0.2, 0.25) is 0 Å². The topological polar surface area (TPSA) is 107 Å². The van der Waals surface area contributed by atoms with Gasteiger partial charge < -0.3 is 9.84 Å². The molecule has 19 heavy (non-hydrogen) atoms. The lowest BCUT2D eigenvalue weighted by Crippen LogP contribution is -2.01. The fourth-order valence-electron chi connectivity index (χ4n) is 1.22. The lowest BCUT2D eigenvalue weighted by Gasteiger charge is -1.99. The molecule has 98 valence electrons. The molecule has 1 aromatic rings. The molecule has 0 aliphatic rings. The maximum atomic E-state index is 10.9. The second kappa shape index (κ2) is 6.16. The number of hydrogen-bond donors (Lipinski definition) is 1. The van der Waals surface area contributed by atoms with E-state index in [9.17, 15) is 19.7 Å². The third-order valence-corrected chi connectivity index (χ3v) is 2.13. The van der Waals surface area contributed by atoms with Crippen molar-refractivity contribution in [3.63, 3.8) is 0 Å². The van der Waals surface area contributed by atoms with Crippen LogP contribution >= 0.6 is 0 Å². The number of benzene rings is 1. The normalized spacial score (nSPS) is 9.11. The van der Waals surface area contributed by atoms with E-state index in [-0.39, 0.29) is 23.2 Å². The zero-order chi connectivity index (χ0) is 14.4. The number of rotatable bonds is 3. The first-order chi connectivity index (χ1) is 8.95. The average molecular weight is 263 g/mol. The first-order valence-electron chi connectivity index (χ1n) is 5.03. The molecule has 0 aliphatic carbocycles. The summed E-state index contributed by atoms with van der Waals surface area (Å²) in [6.45, 7) is 0. The third-order valence-electron chi connectivity index (χ3n) is 2.13. The Morgan fingerprint density at radius 3 is 2.68 bits per heavy atom. The van der Waals surface area contributed by atoms with Crippen molar-refractivity contribution >= 4 is 17.6 Å². The van der Waals surface area contributed by atoms with Gasteiger partial charge in [-0.05, 0) is 6.07 Å². The number of carboxylic acids is 1. The smallest absolute Gasteiger partial charge is 0.336 e. The van der Waals surface area contributed by atoms with Gasteiger partial charge >= 0.3 is 11.9 Å². The molecular formula is C12H9NO6. The number of ether oxygens (including phenoxy) is 1. The van der Waals surface area contributed by atoms with Crippen LogP contribution in [-0.2, 0) is 9.53 Å². The van der Waals surface area contributed by atoms with Crippen LogP contribution in [0.1, 0.15) is 22.3 Å². The van der Waals surface area contributed by atoms with Gasteiger partial charge in [0.05, 0.1) is 17.6 Å². The highest BCUT2D eigenvalue weighted by molar-refractivity contribution is 5.91. The minimum Gasteiger partial charge on any atom is -0.478 e. The molecule has 0 saturated heterocycles. The maximum Gasteiger partial charge on any atom is 0.336 e. The van der Waals surface area contributed by atoms with Crippen molar-refractivity contribution in [2.24, 2.45) is 0 Å². The van der Waals surface area contributed by atoms with Crippen LogP contribution in [0.2, 0.25) is 0 Å². The predicted molar refractivity (Wildman–Crippen MR) is 63.6 cm³/mol. The number of esters is 1. The number of methoxy groups -OCH3 is 1. The van der Waals surface area contributed by atoms with Gasteiger partial charge in [-0.15, -0.1) is 0 Å². The summed E-state index contributed by atoms with van der Waals surface area (Å²) in [6.07, 6.45) is -0.224. The zero-order valence-corrected chi connectivity index (χ0v) is 9.87. The van der Waals surface area contributed by atoms with E-state index in [1.165, 1.54) is 7.11 Å². The van der Waals surface area contributed by atoms with E-state index >= 15 is 0 Å². The van der Waals surface area contributed by atoms with Crippen molar-refractivity contribution in [1.82, 2.24) is 0 Å². The number of nitro benzene ring substituents is 1. The molecule has 0 amide bonds. The molecule has 0 radical (unpaired) electrons. The Bertz CT molecular complexity index is 596. The Balaban J connectivity index is 3.14. The second-order valence-corrected chi connectivity index (χ2v) is 3.35. The molecule has 1 rings (SSSR count). The van der Waals surface area contributed by atoms with E-state index in [2.05, 4.69) is 16.6 Å². The standard InChI is InChI=1S/C12H9NO6/c1-19-11(14)4-2-3-8-7-9(13(17)18)5-6-10(8)12(15)16/h5-7H,4H2,1H3,(H,15,16). The molecule has 0 aliphatic heterocycles. The molecule has 0 unspecified atom stereocenters. The van der Waals surface area contributed by atoms with Crippen LogP contribution in [0.25, 0.3) is 0 Å². The van der Waals surface area contributed by atoms with Crippen molar-refractivity contribution in [1.29, 1.82) is 0 Å². The number of aromatic carboxylic acids is 1. The highest BCUT2D eigenvalue weighted by Gasteiger charge is 2.13. The molecule has 1 N–H and O–H groups in total. The summed E-state index contributed by atoms with van der Waals surface area (Å²) < 4.78 is 4.36. The van der Waals surface area contributed by atoms with Gasteiger partial charge in [-0.25, -0.2) is 4.79 Å². The van der Waals surface area contributed by atoms with Crippen LogP contribution in [0.3, 0.4) is 0 Å². The lowest BCUT2D eigenvalue weighted by atomic mass is 10.1. The monoisotopic (exact) mass is 263 g/mol. The van der Waals surface area contributed by atoms with Gasteiger partial charge in [-0.1, -0.05) is 11.8 Å². The van der Waals surface area contributed by atoms with Crippen molar-refractivity contribution in [2.75, 3.05) is 7.11 Å². The highest BCUT2D eigenvalue weighted by atomic mass is 16.6. The van der Waals surface area contributed by atoms with E-state index in [1.807, 2.05) is 0 Å². The number of carbonyl (C=O) groups is 2. The minimum atomic E-state index is -1.25. The number of carbonyl (C=O) groups excluding carboxylic acids is 1. The van der Waals surface area contributed by atoms with Gasteiger partial charge in [-0.3, -0.25) is 14.9 Å². The SMILES string of the molecule is COC(=O)CC#Cc1cc([N+](=O)[O-])ccc1C(=O)O. The van der Waals surface area contributed by atoms with Crippen molar-refractivity contribution in [2.45, 2.75) is 6.42 Å². The molecule has 1 aromatic carbocycles. The summed E-state index contributed by atoms with van der Waals surface area (Å²) in [5.74, 6) is 3.00. The van der Waals surface area contributed by atoms with E-state index in [4.69, 9.17) is 5.11 Å². The average Bonchev–Trinajstić information content (AvgIpc) is 2.37. The predicted octanol–water partition coefficient (Wildman–Crippen LogP) is 1.21. The van der Waals surface area contributed by atoms with Crippen LogP contribution in [0.5, 0.6) is 0 Å². The summed E-state index contributed by atoms with van der Waals surface area (Å²) in [4.78, 5) is 31.7. The molecule has 0 aromatic heterocycles. The minimum absolute atomic E-state index is 0.0226. The summed E-state index contributed by atoms with van der Waals surface area (Å²) in [5.41, 5.74) is -0.457. The summed E-state index contributed by atoms with van der Waals surface area (Å²) in [5, 5.41) is 19.5. The largest absolute Gasteiger partial charge is 0.478 e. The molecule has 0 bridgehead atoms. The van der Waals surface area contributed by atoms with Gasteiger partial charge in [0, 0.05) is 17.7 Å². The summed E-state index contributed by atoms with van der Waals surface area (Å²) in [7, 11) is 1.19. The molecule has 7 nitrogen and oxygen atoms in total. The zero-order valence-electron chi connectivity index (χ0n) is 9.87. The number of hydrogen-bond acceptors (Lipinski definition) is 5. The first-order valence-corrected chi connectivity index (χ1v) is 5.03. The molecule has 0 heterocycles. The third kappa shape index (κ3) is 3.81. The molecule has 0 atom stereocenters. The Hall–Kier alpha value is -2.88. The molecule has 0 spiro atoms. The number of carboxylic acid groups (broad SMARTS) is 1. The van der Waals surface area contributed by atoms with Crippen LogP contribution < -0.4 is 0 Å². The van der Waals surface area contributed by atoms with Crippen LogP contribution in [0, 0.1) is 22.0 Å². The summed E-state index contributed by atoms with van der Waals surface area (Å²) >= 11 is 0. The van der Waals surface area contributed by atoms with Crippen molar-refractivity contribution in [3.05, 3.63) is 39.4 Å². The van der Waals surface area contributed by atoms with Gasteiger partial charge in [0.25, 0.3) is 5.69 Å². The molecular weight excluding hydrogens is 254 g/mol. The van der Waals surface area contributed by atoms with Crippen molar-refractivity contribution in [3.8, 4) is 11.8 Å². The van der Waals surface area contributed by atoms with Crippen molar-refractivity contribution < 1.29 is 24.4 Å². The Morgan fingerprint density at radius 2 is 2.16 bits per heavy atom. The van der Waals surface area contributed by atoms with E-state index in [0.29, 0.717) is 0 Å². The maximum absolute atomic E-state index is 10.9. The van der Waals surface area contributed by atoms with Crippen LogP contribution in [0.4, 0.5) is 5.69 Å². The van der Waals surface area contributed by atoms with Crippen LogP contribution in [0.15, 0.2) is 18.2 Å². The van der Waals surface area contributed by atoms with E-state index in [1.54, 1.807) is 0 Å². The molecule has 0 fully saturated rings.